The molecule has 1 amide bonds. The highest BCUT2D eigenvalue weighted by molar-refractivity contribution is 6.02. The monoisotopic (exact) mass is 394 g/mol. The highest BCUT2D eigenvalue weighted by atomic mass is 16.5. The molecule has 0 aromatic carbocycles. The molecule has 0 unspecified atom stereocenters. The summed E-state index contributed by atoms with van der Waals surface area (Å²) in [7, 11) is 1.80. The second-order valence-corrected chi connectivity index (χ2v) is 6.41. The van der Waals surface area contributed by atoms with Crippen LogP contribution < -0.4 is 5.32 Å². The molecule has 148 valence electrons. The Kier molecular flexibility index (Phi) is 3.76. The first-order valence-electron chi connectivity index (χ1n) is 8.66. The number of hydrogen-bond acceptors (Lipinski definition) is 9. The van der Waals surface area contributed by atoms with Gasteiger partial charge in [0.1, 0.15) is 29.4 Å². The molecule has 12 heteroatoms. The zero-order valence-electron chi connectivity index (χ0n) is 15.4. The molecule has 0 bridgehead atoms. The van der Waals surface area contributed by atoms with Gasteiger partial charge in [-0.25, -0.2) is 29.9 Å². The molecule has 0 radical (unpaired) electrons. The number of nitrogens with zero attached hydrogens (tertiary/aromatic N) is 8. The van der Waals surface area contributed by atoms with Crippen molar-refractivity contribution in [1.29, 1.82) is 0 Å². The molecule has 0 aliphatic carbocycles. The summed E-state index contributed by atoms with van der Waals surface area (Å²) in [6.45, 7) is 1.78. The first-order valence-corrected chi connectivity index (χ1v) is 8.66. The van der Waals surface area contributed by atoms with E-state index in [4.69, 9.17) is 4.52 Å². The topological polar surface area (TPSA) is 153 Å². The largest absolute Gasteiger partial charge is 0.358 e. The fraction of sp³-hybridized carbons (Fsp3) is 0.176. The Bertz CT molecular complexity index is 1330. The van der Waals surface area contributed by atoms with E-state index in [1.807, 2.05) is 0 Å². The maximum Gasteiger partial charge on any atom is 0.272 e. The van der Waals surface area contributed by atoms with Gasteiger partial charge in [-0.05, 0) is 6.92 Å². The molecule has 0 saturated heterocycles. The number of imidazole rings is 2. The lowest BCUT2D eigenvalue weighted by Crippen LogP contribution is -2.27. The molecule has 1 atom stereocenters. The Labute approximate surface area is 165 Å². The van der Waals surface area contributed by atoms with Crippen molar-refractivity contribution in [2.75, 3.05) is 0 Å². The molecule has 2 N–H and O–H groups in total. The van der Waals surface area contributed by atoms with Gasteiger partial charge < -0.3 is 19.4 Å². The molecule has 5 aromatic heterocycles. The van der Waals surface area contributed by atoms with Gasteiger partial charge in [-0.1, -0.05) is 5.16 Å². The van der Waals surface area contributed by atoms with Crippen molar-refractivity contribution in [1.82, 2.24) is 49.9 Å². The van der Waals surface area contributed by atoms with Crippen LogP contribution >= 0.6 is 0 Å². The van der Waals surface area contributed by atoms with E-state index in [1.54, 1.807) is 37.1 Å². The van der Waals surface area contributed by atoms with Crippen LogP contribution in [0.2, 0.25) is 0 Å². The first kappa shape index (κ1) is 16.9. The van der Waals surface area contributed by atoms with Gasteiger partial charge in [0.05, 0.1) is 18.6 Å². The number of amides is 1. The van der Waals surface area contributed by atoms with E-state index in [-0.39, 0.29) is 14.5 Å². The van der Waals surface area contributed by atoms with Crippen LogP contribution in [0.5, 0.6) is 0 Å². The Morgan fingerprint density at radius 2 is 2.17 bits per heavy atom. The smallest absolute Gasteiger partial charge is 0.272 e. The average molecular weight is 394 g/mol. The van der Waals surface area contributed by atoms with Crippen LogP contribution in [0.15, 0.2) is 35.8 Å². The molecule has 12 nitrogen and oxygen atoms in total. The van der Waals surface area contributed by atoms with Crippen LogP contribution in [0.1, 0.15) is 32.1 Å². The van der Waals surface area contributed by atoms with Gasteiger partial charge >= 0.3 is 0 Å². The van der Waals surface area contributed by atoms with Crippen molar-refractivity contribution < 1.29 is 12.2 Å². The number of rotatable bonds is 4. The Balaban J connectivity index is 0.00000136. The average Bonchev–Trinajstić information content (AvgIpc) is 3.45. The predicted octanol–water partition coefficient (Wildman–Crippen LogP) is 1.67. The van der Waals surface area contributed by atoms with E-state index in [2.05, 4.69) is 45.4 Å². The summed E-state index contributed by atoms with van der Waals surface area (Å²) in [5.74, 6) is 0.576. The number of aromatic nitrogens is 9. The minimum Gasteiger partial charge on any atom is -0.358 e. The number of carbonyl (C=O) groups is 1. The predicted molar refractivity (Wildman–Crippen MR) is 104 cm³/mol. The van der Waals surface area contributed by atoms with Crippen molar-refractivity contribution in [2.45, 2.75) is 13.0 Å². The lowest BCUT2D eigenvalue weighted by atomic mass is 10.2. The van der Waals surface area contributed by atoms with Gasteiger partial charge in [-0.15, -0.1) is 0 Å². The maximum absolute atomic E-state index is 12.7. The summed E-state index contributed by atoms with van der Waals surface area (Å²) < 4.78 is 7.11. The second kappa shape index (κ2) is 6.44. The number of H-pyrrole nitrogens is 1. The molecule has 0 spiro atoms. The molecule has 0 aliphatic rings. The number of nitrogens with one attached hydrogen (secondary N) is 2. The molecule has 5 rings (SSSR count). The van der Waals surface area contributed by atoms with Gasteiger partial charge in [0.2, 0.25) is 0 Å². The summed E-state index contributed by atoms with van der Waals surface area (Å²) in [5, 5.41) is 6.87. The van der Waals surface area contributed by atoms with Crippen molar-refractivity contribution >= 4 is 28.2 Å². The first-order chi connectivity index (χ1) is 14.1. The lowest BCUT2D eigenvalue weighted by molar-refractivity contribution is 0.0930. The van der Waals surface area contributed by atoms with E-state index in [9.17, 15) is 4.79 Å². The normalized spacial score (nSPS) is 12.5. The zero-order valence-corrected chi connectivity index (χ0v) is 15.4. The Hall–Kier alpha value is -4.22. The molecule has 0 saturated carbocycles. The molecule has 0 aliphatic heterocycles. The number of fused-ring (bicyclic) bond motifs is 2. The molecule has 29 heavy (non-hydrogen) atoms. The number of aromatic amines is 1. The van der Waals surface area contributed by atoms with Crippen molar-refractivity contribution in [3.63, 3.8) is 0 Å². The van der Waals surface area contributed by atoms with Gasteiger partial charge in [0.25, 0.3) is 5.91 Å². The molecule has 5 heterocycles. The minimum absolute atomic E-state index is 0. The summed E-state index contributed by atoms with van der Waals surface area (Å²) in [6, 6.07) is 1.24. The third kappa shape index (κ3) is 2.86. The van der Waals surface area contributed by atoms with E-state index in [1.165, 1.54) is 12.7 Å². The SMILES string of the molecule is C[C@@H](NC(=O)c1ncnc2c1ncn2C)c1cc(-c2nc3ncncc3[nH]2)no1.[HH].[HH]. The highest BCUT2D eigenvalue weighted by Gasteiger charge is 2.21. The van der Waals surface area contributed by atoms with Crippen molar-refractivity contribution in [3.8, 4) is 11.5 Å². The Morgan fingerprint density at radius 3 is 3.03 bits per heavy atom. The molecule has 0 fully saturated rings. The summed E-state index contributed by atoms with van der Waals surface area (Å²) in [6.07, 6.45) is 5.97. The summed E-state index contributed by atoms with van der Waals surface area (Å²) in [4.78, 5) is 40.6. The second-order valence-electron chi connectivity index (χ2n) is 6.41. The number of carbonyl (C=O) groups excluding carboxylic acids is 1. The lowest BCUT2D eigenvalue weighted by Gasteiger charge is -2.10. The van der Waals surface area contributed by atoms with Gasteiger partial charge in [0.15, 0.2) is 28.6 Å². The standard InChI is InChI=1S/C17H14N10O2.2H2/c1-8(23-17(28)13-12-16(21-6-19-13)27(2)7-22-12)11-3-9(26-29-11)15-24-10-4-18-5-20-14(10)25-15;;/h3-8H,1-2H3,(H,23,28)(H,18,20,24,25);2*1H/t8-;;/m1../s1. The van der Waals surface area contributed by atoms with Crippen LogP contribution in [0.25, 0.3) is 33.8 Å². The van der Waals surface area contributed by atoms with E-state index >= 15 is 0 Å². The fourth-order valence-corrected chi connectivity index (χ4v) is 2.94. The van der Waals surface area contributed by atoms with Crippen LogP contribution in [0, 0.1) is 0 Å². The Morgan fingerprint density at radius 1 is 1.28 bits per heavy atom. The quantitative estimate of drug-likeness (QED) is 0.463. The number of hydrogen-bond donors (Lipinski definition) is 2. The molecular weight excluding hydrogens is 376 g/mol. The van der Waals surface area contributed by atoms with E-state index < -0.39 is 6.04 Å². The van der Waals surface area contributed by atoms with Crippen LogP contribution in [-0.2, 0) is 7.05 Å². The van der Waals surface area contributed by atoms with Crippen LogP contribution in [0.4, 0.5) is 0 Å². The minimum atomic E-state index is -0.457. The van der Waals surface area contributed by atoms with Crippen molar-refractivity contribution in [2.24, 2.45) is 7.05 Å². The van der Waals surface area contributed by atoms with Crippen LogP contribution in [0.3, 0.4) is 0 Å². The van der Waals surface area contributed by atoms with E-state index in [0.717, 1.165) is 0 Å². The van der Waals surface area contributed by atoms with Gasteiger partial charge in [-0.2, -0.15) is 0 Å². The third-order valence-corrected chi connectivity index (χ3v) is 4.42. The fourth-order valence-electron chi connectivity index (χ4n) is 2.94. The van der Waals surface area contributed by atoms with Gasteiger partial charge in [0, 0.05) is 16.0 Å². The van der Waals surface area contributed by atoms with Crippen LogP contribution in [-0.4, -0.2) is 50.5 Å². The molecular formula is C17H18N10O2. The highest BCUT2D eigenvalue weighted by Crippen LogP contribution is 2.22. The third-order valence-electron chi connectivity index (χ3n) is 4.42. The summed E-state index contributed by atoms with van der Waals surface area (Å²) in [5.41, 5.74) is 2.92. The number of aryl methyl sites for hydroxylation is 1. The summed E-state index contributed by atoms with van der Waals surface area (Å²) >= 11 is 0. The molecule has 5 aromatic rings. The zero-order chi connectivity index (χ0) is 20.0. The van der Waals surface area contributed by atoms with Crippen molar-refractivity contribution in [3.05, 3.63) is 42.7 Å². The van der Waals surface area contributed by atoms with Gasteiger partial charge in [-0.3, -0.25) is 4.79 Å². The van der Waals surface area contributed by atoms with E-state index in [0.29, 0.717) is 39.6 Å². The maximum atomic E-state index is 12.7.